The molecule has 0 spiro atoms. The number of rotatable bonds is 1. The second-order valence-electron chi connectivity index (χ2n) is 4.88. The molecule has 0 aliphatic carbocycles. The van der Waals surface area contributed by atoms with Crippen LogP contribution >= 0.6 is 0 Å². The average molecular weight is 278 g/mol. The van der Waals surface area contributed by atoms with Gasteiger partial charge in [0, 0.05) is 7.05 Å². The van der Waals surface area contributed by atoms with Crippen LogP contribution in [0.5, 0.6) is 0 Å². The van der Waals surface area contributed by atoms with Crippen LogP contribution in [0.3, 0.4) is 0 Å². The summed E-state index contributed by atoms with van der Waals surface area (Å²) in [5.41, 5.74) is 2.86. The third kappa shape index (κ3) is 1.53. The molecule has 0 atom stereocenters. The molecule has 102 valence electrons. The average Bonchev–Trinajstić information content (AvgIpc) is 2.99. The zero-order valence-corrected chi connectivity index (χ0v) is 11.1. The monoisotopic (exact) mass is 278 g/mol. The maximum atomic E-state index is 12.4. The smallest absolute Gasteiger partial charge is 0.266 e. The summed E-state index contributed by atoms with van der Waals surface area (Å²) in [6.45, 7) is 0. The Morgan fingerprint density at radius 2 is 1.62 bits per heavy atom. The number of imide groups is 1. The van der Waals surface area contributed by atoms with Gasteiger partial charge in [-0.2, -0.15) is 0 Å². The number of carbonyl (C=O) groups is 2. The highest BCUT2D eigenvalue weighted by molar-refractivity contribution is 6.34. The van der Waals surface area contributed by atoms with Gasteiger partial charge in [-0.15, -0.1) is 5.10 Å². The van der Waals surface area contributed by atoms with Crippen LogP contribution < -0.4 is 4.90 Å². The van der Waals surface area contributed by atoms with Crippen LogP contribution in [0.15, 0.2) is 42.5 Å². The van der Waals surface area contributed by atoms with E-state index in [2.05, 4.69) is 10.3 Å². The second-order valence-corrected chi connectivity index (χ2v) is 4.88. The largest absolute Gasteiger partial charge is 0.268 e. The summed E-state index contributed by atoms with van der Waals surface area (Å²) in [5, 5.41) is 7.93. The highest BCUT2D eigenvalue weighted by atomic mass is 16.2. The van der Waals surface area contributed by atoms with E-state index in [1.165, 1.54) is 4.90 Å². The first-order chi connectivity index (χ1) is 10.2. The number of hydrogen-bond donors (Lipinski definition) is 0. The van der Waals surface area contributed by atoms with Crippen molar-refractivity contribution in [2.45, 2.75) is 0 Å². The van der Waals surface area contributed by atoms with Crippen LogP contribution in [0.25, 0.3) is 11.0 Å². The van der Waals surface area contributed by atoms with Gasteiger partial charge in [-0.3, -0.25) is 9.59 Å². The summed E-state index contributed by atoms with van der Waals surface area (Å²) in [6, 6.07) is 12.1. The zero-order valence-electron chi connectivity index (χ0n) is 11.1. The van der Waals surface area contributed by atoms with Crippen LogP contribution in [0, 0.1) is 0 Å². The number of carbonyl (C=O) groups excluding carboxylic acids is 2. The number of anilines is 1. The molecule has 6 heteroatoms. The number of hydrogen-bond acceptors (Lipinski definition) is 4. The van der Waals surface area contributed by atoms with Gasteiger partial charge in [0.2, 0.25) is 0 Å². The van der Waals surface area contributed by atoms with E-state index < -0.39 is 0 Å². The lowest BCUT2D eigenvalue weighted by Gasteiger charge is -2.13. The first-order valence-corrected chi connectivity index (χ1v) is 6.44. The Hall–Kier alpha value is -3.02. The lowest BCUT2D eigenvalue weighted by molar-refractivity contribution is 0.0926. The highest BCUT2D eigenvalue weighted by Crippen LogP contribution is 2.29. The van der Waals surface area contributed by atoms with E-state index in [0.717, 1.165) is 5.52 Å². The van der Waals surface area contributed by atoms with Gasteiger partial charge in [-0.25, -0.2) is 9.58 Å². The van der Waals surface area contributed by atoms with Crippen molar-refractivity contribution in [1.82, 2.24) is 15.0 Å². The van der Waals surface area contributed by atoms with Crippen LogP contribution in [0.1, 0.15) is 20.7 Å². The topological polar surface area (TPSA) is 68.1 Å². The van der Waals surface area contributed by atoms with Crippen molar-refractivity contribution in [2.24, 2.45) is 7.05 Å². The van der Waals surface area contributed by atoms with E-state index in [4.69, 9.17) is 0 Å². The van der Waals surface area contributed by atoms with E-state index in [-0.39, 0.29) is 11.8 Å². The molecule has 0 unspecified atom stereocenters. The quantitative estimate of drug-likeness (QED) is 0.636. The fraction of sp³-hybridized carbons (Fsp3) is 0.0667. The van der Waals surface area contributed by atoms with Crippen molar-refractivity contribution < 1.29 is 9.59 Å². The summed E-state index contributed by atoms with van der Waals surface area (Å²) in [5.74, 6) is -0.613. The molecule has 1 aliphatic rings. The molecule has 6 nitrogen and oxygen atoms in total. The Bertz CT molecular complexity index is 878. The van der Waals surface area contributed by atoms with Crippen molar-refractivity contribution in [3.05, 3.63) is 53.6 Å². The molecule has 0 saturated carbocycles. The number of aromatic nitrogens is 3. The van der Waals surface area contributed by atoms with E-state index in [1.807, 2.05) is 0 Å². The van der Waals surface area contributed by atoms with Crippen molar-refractivity contribution in [1.29, 1.82) is 0 Å². The molecule has 0 N–H and O–H groups in total. The summed E-state index contributed by atoms with van der Waals surface area (Å²) >= 11 is 0. The fourth-order valence-electron chi connectivity index (χ4n) is 2.59. The van der Waals surface area contributed by atoms with Crippen molar-refractivity contribution in [3.63, 3.8) is 0 Å². The standard InChI is InChI=1S/C15H10N4O2/c1-18-13-7-6-9(8-12(13)16-17-18)19-14(20)10-4-2-3-5-11(10)15(19)21/h2-8H,1H3. The maximum Gasteiger partial charge on any atom is 0.266 e. The number of nitrogens with zero attached hydrogens (tertiary/aromatic N) is 4. The predicted molar refractivity (Wildman–Crippen MR) is 76.1 cm³/mol. The Morgan fingerprint density at radius 3 is 2.29 bits per heavy atom. The maximum absolute atomic E-state index is 12.4. The SMILES string of the molecule is Cn1nnc2cc(N3C(=O)c4ccccc4C3=O)ccc21. The highest BCUT2D eigenvalue weighted by Gasteiger charge is 2.36. The third-order valence-electron chi connectivity index (χ3n) is 3.65. The molecule has 0 radical (unpaired) electrons. The molecule has 4 rings (SSSR count). The van der Waals surface area contributed by atoms with Crippen molar-refractivity contribution >= 4 is 28.5 Å². The lowest BCUT2D eigenvalue weighted by Crippen LogP contribution is -2.29. The molecule has 21 heavy (non-hydrogen) atoms. The van der Waals surface area contributed by atoms with E-state index in [0.29, 0.717) is 22.3 Å². The zero-order chi connectivity index (χ0) is 14.6. The number of benzene rings is 2. The first-order valence-electron chi connectivity index (χ1n) is 6.44. The molecule has 0 fully saturated rings. The Balaban J connectivity index is 1.86. The second kappa shape index (κ2) is 3.99. The molecule has 3 aromatic rings. The molecule has 1 aromatic heterocycles. The molecule has 0 saturated heterocycles. The molecular formula is C15H10N4O2. The normalized spacial score (nSPS) is 14.0. The van der Waals surface area contributed by atoms with Gasteiger partial charge in [0.1, 0.15) is 5.52 Å². The van der Waals surface area contributed by atoms with Crippen LogP contribution in [0.2, 0.25) is 0 Å². The molecule has 0 bridgehead atoms. The summed E-state index contributed by atoms with van der Waals surface area (Å²) in [6.07, 6.45) is 0. The predicted octanol–water partition coefficient (Wildman–Crippen LogP) is 1.77. The minimum absolute atomic E-state index is 0.307. The van der Waals surface area contributed by atoms with Gasteiger partial charge < -0.3 is 0 Å². The van der Waals surface area contributed by atoms with Gasteiger partial charge in [0.05, 0.1) is 22.3 Å². The summed E-state index contributed by atoms with van der Waals surface area (Å²) < 4.78 is 1.64. The molecule has 1 aliphatic heterocycles. The van der Waals surface area contributed by atoms with Gasteiger partial charge in [0.25, 0.3) is 11.8 Å². The van der Waals surface area contributed by atoms with E-state index in [1.54, 1.807) is 54.2 Å². The first kappa shape index (κ1) is 11.8. The fourth-order valence-corrected chi connectivity index (χ4v) is 2.59. The van der Waals surface area contributed by atoms with E-state index >= 15 is 0 Å². The minimum atomic E-state index is -0.307. The Labute approximate surface area is 119 Å². The van der Waals surface area contributed by atoms with Crippen LogP contribution in [-0.4, -0.2) is 26.8 Å². The number of amides is 2. The molecule has 2 aromatic carbocycles. The summed E-state index contributed by atoms with van der Waals surface area (Å²) in [4.78, 5) is 26.0. The van der Waals surface area contributed by atoms with E-state index in [9.17, 15) is 9.59 Å². The lowest BCUT2D eigenvalue weighted by atomic mass is 10.1. The van der Waals surface area contributed by atoms with Gasteiger partial charge >= 0.3 is 0 Å². The molecular weight excluding hydrogens is 268 g/mol. The molecule has 2 amide bonds. The van der Waals surface area contributed by atoms with Gasteiger partial charge in [0.15, 0.2) is 0 Å². The van der Waals surface area contributed by atoms with Crippen LogP contribution in [-0.2, 0) is 7.05 Å². The Kier molecular flexibility index (Phi) is 2.24. The summed E-state index contributed by atoms with van der Waals surface area (Å²) in [7, 11) is 1.79. The van der Waals surface area contributed by atoms with Crippen LogP contribution in [0.4, 0.5) is 5.69 Å². The molecule has 2 heterocycles. The minimum Gasteiger partial charge on any atom is -0.268 e. The number of fused-ring (bicyclic) bond motifs is 2. The van der Waals surface area contributed by atoms with Crippen molar-refractivity contribution in [2.75, 3.05) is 4.90 Å². The third-order valence-corrected chi connectivity index (χ3v) is 3.65. The Morgan fingerprint density at radius 1 is 0.952 bits per heavy atom. The number of aryl methyl sites for hydroxylation is 1. The van der Waals surface area contributed by atoms with Gasteiger partial charge in [-0.1, -0.05) is 17.3 Å². The van der Waals surface area contributed by atoms with Crippen molar-refractivity contribution in [3.8, 4) is 0 Å². The van der Waals surface area contributed by atoms with Gasteiger partial charge in [-0.05, 0) is 30.3 Å².